The molecule has 0 saturated heterocycles. The highest BCUT2D eigenvalue weighted by molar-refractivity contribution is 8.46. The Balaban J connectivity index is 3.87. The first-order chi connectivity index (χ1) is 5.88. The summed E-state index contributed by atoms with van der Waals surface area (Å²) in [7, 11) is 0. The molecule has 5 nitrogen and oxygen atoms in total. The zero-order chi connectivity index (χ0) is 10.5. The lowest BCUT2D eigenvalue weighted by atomic mass is 10.7. The Morgan fingerprint density at radius 1 is 1.85 bits per heavy atom. The Morgan fingerprint density at radius 2 is 2.38 bits per heavy atom. The van der Waals surface area contributed by atoms with Gasteiger partial charge < -0.3 is 4.89 Å². The Morgan fingerprint density at radius 3 is 2.69 bits per heavy atom. The largest absolute Gasteiger partial charge is 0.334 e. The van der Waals surface area contributed by atoms with Crippen molar-refractivity contribution in [2.45, 2.75) is 6.92 Å². The summed E-state index contributed by atoms with van der Waals surface area (Å²) in [6.45, 7) is -2.27. The van der Waals surface area contributed by atoms with Crippen LogP contribution in [-0.2, 0) is 9.36 Å². The molecule has 0 aliphatic heterocycles. The van der Waals surface area contributed by atoms with Crippen molar-refractivity contribution in [3.8, 4) is 0 Å². The SMILES string of the molecule is CCN(SNCC(=O)F)P(=O)(O)S. The molecule has 1 unspecified atom stereocenters. The van der Waals surface area contributed by atoms with E-state index < -0.39 is 19.3 Å². The zero-order valence-corrected chi connectivity index (χ0v) is 9.41. The van der Waals surface area contributed by atoms with Gasteiger partial charge in [-0.25, -0.2) is 4.72 Å². The standard InChI is InChI=1S/C4H10FN2O3PS2/c1-2-7(11(9,10)12)13-6-3-4(5)8/h6H,2-3H2,1H3,(H2,9,10,12). The number of nitrogens with one attached hydrogen (secondary N) is 1. The lowest BCUT2D eigenvalue weighted by Crippen LogP contribution is -2.20. The minimum absolute atomic E-state index is 0.245. The highest BCUT2D eigenvalue weighted by Gasteiger charge is 2.22. The van der Waals surface area contributed by atoms with Gasteiger partial charge in [-0.15, -0.1) is 0 Å². The van der Waals surface area contributed by atoms with E-state index in [0.717, 1.165) is 4.08 Å². The molecule has 2 N–H and O–H groups in total. The van der Waals surface area contributed by atoms with Crippen molar-refractivity contribution >= 4 is 37.1 Å². The predicted molar refractivity (Wildman–Crippen MR) is 52.9 cm³/mol. The quantitative estimate of drug-likeness (QED) is 0.282. The van der Waals surface area contributed by atoms with Crippen LogP contribution in [0.4, 0.5) is 4.39 Å². The lowest BCUT2D eigenvalue weighted by Gasteiger charge is -2.19. The molecule has 0 rings (SSSR count). The van der Waals surface area contributed by atoms with E-state index in [0.29, 0.717) is 12.1 Å². The van der Waals surface area contributed by atoms with E-state index in [-0.39, 0.29) is 6.54 Å². The number of nitrogens with zero attached hydrogens (tertiary/aromatic N) is 1. The third-order valence-electron chi connectivity index (χ3n) is 0.942. The van der Waals surface area contributed by atoms with Crippen LogP contribution in [0.2, 0.25) is 0 Å². The van der Waals surface area contributed by atoms with Gasteiger partial charge in [0.2, 0.25) is 0 Å². The van der Waals surface area contributed by atoms with Gasteiger partial charge in [-0.1, -0.05) is 19.2 Å². The summed E-state index contributed by atoms with van der Waals surface area (Å²) in [6.07, 6.45) is 0. The van der Waals surface area contributed by atoms with Crippen LogP contribution in [0.3, 0.4) is 0 Å². The fourth-order valence-corrected chi connectivity index (χ4v) is 2.60. The van der Waals surface area contributed by atoms with Gasteiger partial charge in [0.1, 0.15) is 0 Å². The molecule has 0 spiro atoms. The van der Waals surface area contributed by atoms with Crippen molar-refractivity contribution in [2.24, 2.45) is 0 Å². The van der Waals surface area contributed by atoms with Crippen molar-refractivity contribution in [1.82, 2.24) is 8.80 Å². The first kappa shape index (κ1) is 13.4. The van der Waals surface area contributed by atoms with Gasteiger partial charge in [0, 0.05) is 18.7 Å². The normalized spacial score (nSPS) is 15.8. The predicted octanol–water partition coefficient (Wildman–Crippen LogP) is 0.987. The van der Waals surface area contributed by atoms with Crippen molar-refractivity contribution in [3.05, 3.63) is 0 Å². The maximum atomic E-state index is 11.7. The Labute approximate surface area is 85.0 Å². The monoisotopic (exact) mass is 248 g/mol. The van der Waals surface area contributed by atoms with Crippen LogP contribution in [-0.4, -0.2) is 28.1 Å². The molecule has 9 heteroatoms. The van der Waals surface area contributed by atoms with Crippen LogP contribution < -0.4 is 4.72 Å². The smallest absolute Gasteiger partial charge is 0.325 e. The summed E-state index contributed by atoms with van der Waals surface area (Å²) in [5, 5.41) is 0. The molecule has 0 aliphatic rings. The van der Waals surface area contributed by atoms with E-state index in [1.165, 1.54) is 0 Å². The second-order valence-electron chi connectivity index (χ2n) is 1.95. The van der Waals surface area contributed by atoms with Gasteiger partial charge in [-0.2, -0.15) is 8.47 Å². The molecule has 0 bridgehead atoms. The Kier molecular flexibility index (Phi) is 6.19. The highest BCUT2D eigenvalue weighted by Crippen LogP contribution is 2.52. The number of hydrogen-bond acceptors (Lipinski definition) is 4. The fraction of sp³-hybridized carbons (Fsp3) is 0.750. The van der Waals surface area contributed by atoms with Crippen molar-refractivity contribution < 1.29 is 18.6 Å². The molecule has 0 aliphatic carbocycles. The number of rotatable bonds is 6. The van der Waals surface area contributed by atoms with E-state index >= 15 is 0 Å². The zero-order valence-electron chi connectivity index (χ0n) is 6.81. The molecule has 78 valence electrons. The molecule has 13 heavy (non-hydrogen) atoms. The summed E-state index contributed by atoms with van der Waals surface area (Å²) in [5.41, 5.74) is 0. The molecular weight excluding hydrogens is 238 g/mol. The summed E-state index contributed by atoms with van der Waals surface area (Å²) >= 11 is 4.14. The molecular formula is C4H10FN2O3PS2. The molecule has 0 aromatic rings. The lowest BCUT2D eigenvalue weighted by molar-refractivity contribution is -0.127. The van der Waals surface area contributed by atoms with Gasteiger partial charge in [0.25, 0.3) is 0 Å². The molecule has 0 radical (unpaired) electrons. The maximum absolute atomic E-state index is 11.7. The topological polar surface area (TPSA) is 69.6 Å². The molecule has 0 fully saturated rings. The molecule has 1 atom stereocenters. The molecule has 0 heterocycles. The van der Waals surface area contributed by atoms with Gasteiger partial charge >= 0.3 is 12.8 Å². The minimum Gasteiger partial charge on any atom is -0.325 e. The number of halogens is 1. The van der Waals surface area contributed by atoms with Crippen LogP contribution >= 0.6 is 31.1 Å². The van der Waals surface area contributed by atoms with Crippen molar-refractivity contribution in [3.63, 3.8) is 0 Å². The van der Waals surface area contributed by atoms with E-state index in [1.807, 2.05) is 0 Å². The van der Waals surface area contributed by atoms with E-state index in [4.69, 9.17) is 4.89 Å². The number of hydrogen-bond donors (Lipinski definition) is 3. The van der Waals surface area contributed by atoms with Crippen molar-refractivity contribution in [2.75, 3.05) is 13.1 Å². The first-order valence-electron chi connectivity index (χ1n) is 3.29. The highest BCUT2D eigenvalue weighted by atomic mass is 32.7. The summed E-state index contributed by atoms with van der Waals surface area (Å²) in [6, 6.07) is -1.53. The van der Waals surface area contributed by atoms with Gasteiger partial charge in [-0.3, -0.25) is 9.36 Å². The van der Waals surface area contributed by atoms with E-state index in [1.54, 1.807) is 6.92 Å². The van der Waals surface area contributed by atoms with Gasteiger partial charge in [0.05, 0.1) is 6.54 Å². The average molecular weight is 248 g/mol. The van der Waals surface area contributed by atoms with Crippen LogP contribution in [0, 0.1) is 0 Å². The summed E-state index contributed by atoms with van der Waals surface area (Å²) in [5.74, 6) is 0. The Hall–Kier alpha value is 0.410. The van der Waals surface area contributed by atoms with E-state index in [9.17, 15) is 13.8 Å². The fourth-order valence-electron chi connectivity index (χ4n) is 0.465. The van der Waals surface area contributed by atoms with E-state index in [2.05, 4.69) is 17.0 Å². The third-order valence-corrected chi connectivity index (χ3v) is 4.47. The van der Waals surface area contributed by atoms with Crippen LogP contribution in [0.5, 0.6) is 0 Å². The van der Waals surface area contributed by atoms with Gasteiger partial charge in [-0.05, 0) is 0 Å². The summed E-state index contributed by atoms with van der Waals surface area (Å²) in [4.78, 5) is 18.8. The molecule has 0 aromatic heterocycles. The van der Waals surface area contributed by atoms with Crippen LogP contribution in [0.25, 0.3) is 0 Å². The number of carbonyl (C=O) groups is 1. The summed E-state index contributed by atoms with van der Waals surface area (Å²) < 4.78 is 25.9. The van der Waals surface area contributed by atoms with Gasteiger partial charge in [0.15, 0.2) is 0 Å². The van der Waals surface area contributed by atoms with Crippen LogP contribution in [0.15, 0.2) is 0 Å². The first-order valence-corrected chi connectivity index (χ1v) is 6.83. The average Bonchev–Trinajstić information content (AvgIpc) is 1.95. The second kappa shape index (κ2) is 6.00. The maximum Gasteiger partial charge on any atom is 0.334 e. The second-order valence-corrected chi connectivity index (χ2v) is 6.20. The third kappa shape index (κ3) is 6.48. The molecule has 0 amide bonds. The molecule has 0 aromatic carbocycles. The number of carbonyl (C=O) groups excluding carboxylic acids is 1. The number of thiol groups is 1. The Bertz CT molecular complexity index is 223. The molecule has 0 saturated carbocycles. The van der Waals surface area contributed by atoms with Crippen LogP contribution in [0.1, 0.15) is 6.92 Å². The van der Waals surface area contributed by atoms with Crippen molar-refractivity contribution in [1.29, 1.82) is 0 Å². The minimum atomic E-state index is -3.64.